The number of carbonyl (C=O) groups excluding carboxylic acids is 2. The van der Waals surface area contributed by atoms with E-state index in [-0.39, 0.29) is 23.9 Å². The van der Waals surface area contributed by atoms with Crippen LogP contribution in [0, 0.1) is 11.3 Å². The van der Waals surface area contributed by atoms with Gasteiger partial charge in [0.25, 0.3) is 0 Å². The third-order valence-corrected chi connectivity index (χ3v) is 5.75. The predicted octanol–water partition coefficient (Wildman–Crippen LogP) is 0.350. The van der Waals surface area contributed by atoms with Crippen molar-refractivity contribution in [3.05, 3.63) is 0 Å². The van der Waals surface area contributed by atoms with E-state index in [1.807, 2.05) is 0 Å². The van der Waals surface area contributed by atoms with Crippen molar-refractivity contribution in [1.29, 1.82) is 0 Å². The smallest absolute Gasteiger partial charge is 0.306 e. The van der Waals surface area contributed by atoms with Crippen LogP contribution < -0.4 is 0 Å². The lowest BCUT2D eigenvalue weighted by molar-refractivity contribution is -0.141. The van der Waals surface area contributed by atoms with Crippen LogP contribution in [-0.4, -0.2) is 52.0 Å². The fraction of sp³-hybridized carbons (Fsp3) is 0.846. The first-order valence-electron chi connectivity index (χ1n) is 6.74. The molecule has 2 rings (SSSR count). The lowest BCUT2D eigenvalue weighted by atomic mass is 10.1. The molecule has 0 N–H and O–H groups in total. The molecule has 2 aliphatic rings. The highest BCUT2D eigenvalue weighted by atomic mass is 32.2. The van der Waals surface area contributed by atoms with Crippen molar-refractivity contribution in [1.82, 2.24) is 0 Å². The number of ether oxygens (including phenoxy) is 2. The largest absolute Gasteiger partial charge is 0.469 e. The lowest BCUT2D eigenvalue weighted by Gasteiger charge is -2.14. The van der Waals surface area contributed by atoms with E-state index in [4.69, 9.17) is 4.74 Å². The van der Waals surface area contributed by atoms with Gasteiger partial charge < -0.3 is 9.47 Å². The van der Waals surface area contributed by atoms with Crippen LogP contribution in [0.3, 0.4) is 0 Å². The normalized spacial score (nSPS) is 24.4. The molecule has 1 saturated heterocycles. The van der Waals surface area contributed by atoms with Crippen molar-refractivity contribution in [2.24, 2.45) is 11.3 Å². The Kier molecular flexibility index (Phi) is 4.49. The number of hydrogen-bond acceptors (Lipinski definition) is 6. The Morgan fingerprint density at radius 3 is 2.55 bits per heavy atom. The molecule has 20 heavy (non-hydrogen) atoms. The van der Waals surface area contributed by atoms with E-state index in [0.29, 0.717) is 32.5 Å². The summed E-state index contributed by atoms with van der Waals surface area (Å²) in [5.74, 6) is -1.50. The first kappa shape index (κ1) is 15.4. The summed E-state index contributed by atoms with van der Waals surface area (Å²) in [4.78, 5) is 23.2. The maximum atomic E-state index is 12.1. The van der Waals surface area contributed by atoms with Gasteiger partial charge in [-0.25, -0.2) is 8.42 Å². The third-order valence-electron chi connectivity index (χ3n) is 3.98. The molecule has 1 saturated carbocycles. The third kappa shape index (κ3) is 4.02. The summed E-state index contributed by atoms with van der Waals surface area (Å²) >= 11 is 0. The van der Waals surface area contributed by atoms with E-state index >= 15 is 0 Å². The Morgan fingerprint density at radius 2 is 2.05 bits per heavy atom. The first-order valence-corrected chi connectivity index (χ1v) is 8.56. The summed E-state index contributed by atoms with van der Waals surface area (Å²) < 4.78 is 33.9. The molecule has 1 aliphatic carbocycles. The molecule has 0 aromatic carbocycles. The van der Waals surface area contributed by atoms with Gasteiger partial charge in [-0.3, -0.25) is 9.59 Å². The van der Waals surface area contributed by atoms with Crippen LogP contribution >= 0.6 is 0 Å². The van der Waals surface area contributed by atoms with E-state index in [1.165, 1.54) is 7.11 Å². The second-order valence-corrected chi connectivity index (χ2v) is 7.88. The molecule has 0 aromatic heterocycles. The number of methoxy groups -OCH3 is 1. The number of hydrogen-bond donors (Lipinski definition) is 0. The molecule has 114 valence electrons. The topological polar surface area (TPSA) is 86.7 Å². The van der Waals surface area contributed by atoms with Crippen LogP contribution in [0.2, 0.25) is 0 Å². The molecule has 0 bridgehead atoms. The highest BCUT2D eigenvalue weighted by Crippen LogP contribution is 2.50. The molecule has 1 atom stereocenters. The lowest BCUT2D eigenvalue weighted by Crippen LogP contribution is -2.29. The zero-order chi connectivity index (χ0) is 14.8. The second-order valence-electron chi connectivity index (χ2n) is 5.81. The Bertz CT molecular complexity index is 485. The van der Waals surface area contributed by atoms with E-state index < -0.39 is 27.0 Å². The molecule has 0 spiro atoms. The Balaban J connectivity index is 1.90. The molecule has 0 aromatic rings. The minimum Gasteiger partial charge on any atom is -0.469 e. The average Bonchev–Trinajstić information content (AvgIpc) is 2.91. The summed E-state index contributed by atoms with van der Waals surface area (Å²) in [7, 11) is -2.19. The average molecular weight is 304 g/mol. The quantitative estimate of drug-likeness (QED) is 0.631. The number of carbonyl (C=O) groups is 2. The molecule has 0 radical (unpaired) electrons. The molecule has 1 unspecified atom stereocenters. The van der Waals surface area contributed by atoms with E-state index in [0.717, 1.165) is 0 Å². The predicted molar refractivity (Wildman–Crippen MR) is 70.9 cm³/mol. The summed E-state index contributed by atoms with van der Waals surface area (Å²) in [6.07, 6.45) is 2.11. The van der Waals surface area contributed by atoms with Crippen LogP contribution in [0.5, 0.6) is 0 Å². The van der Waals surface area contributed by atoms with Crippen molar-refractivity contribution in [2.45, 2.75) is 25.7 Å². The number of esters is 1. The van der Waals surface area contributed by atoms with Crippen LogP contribution in [0.15, 0.2) is 0 Å². The summed E-state index contributed by atoms with van der Waals surface area (Å²) in [6.45, 7) is 0.838. The standard InChI is InChI=1S/C13H20O6S/c1-18-12(15)6-13(3-4-13)9-20(16,17)8-11(14)10-2-5-19-7-10/h10H,2-9H2,1H3. The van der Waals surface area contributed by atoms with Gasteiger partial charge in [-0.1, -0.05) is 0 Å². The molecular formula is C13H20O6S. The van der Waals surface area contributed by atoms with Gasteiger partial charge in [0.15, 0.2) is 15.6 Å². The van der Waals surface area contributed by atoms with Crippen LogP contribution in [0.4, 0.5) is 0 Å². The summed E-state index contributed by atoms with van der Waals surface area (Å²) in [5.41, 5.74) is -0.502. The Labute approximate surface area is 118 Å². The van der Waals surface area contributed by atoms with Gasteiger partial charge in [0.2, 0.25) is 0 Å². The number of Topliss-reactive ketones (excluding diaryl/α,β-unsaturated/α-hetero) is 1. The SMILES string of the molecule is COC(=O)CC1(CS(=O)(=O)CC(=O)C2CCOC2)CC1. The monoisotopic (exact) mass is 304 g/mol. The van der Waals surface area contributed by atoms with Gasteiger partial charge in [-0.15, -0.1) is 0 Å². The van der Waals surface area contributed by atoms with Gasteiger partial charge in [-0.2, -0.15) is 0 Å². The van der Waals surface area contributed by atoms with Gasteiger partial charge in [0.1, 0.15) is 5.75 Å². The van der Waals surface area contributed by atoms with Crippen molar-refractivity contribution in [3.8, 4) is 0 Å². The highest BCUT2D eigenvalue weighted by Gasteiger charge is 2.48. The molecule has 1 heterocycles. The van der Waals surface area contributed by atoms with Crippen LogP contribution in [0.25, 0.3) is 0 Å². The van der Waals surface area contributed by atoms with Crippen LogP contribution in [-0.2, 0) is 28.9 Å². The Morgan fingerprint density at radius 1 is 1.35 bits per heavy atom. The van der Waals surface area contributed by atoms with E-state index in [2.05, 4.69) is 4.74 Å². The van der Waals surface area contributed by atoms with Gasteiger partial charge >= 0.3 is 5.97 Å². The van der Waals surface area contributed by atoms with Crippen molar-refractivity contribution in [2.75, 3.05) is 31.8 Å². The number of ketones is 1. The van der Waals surface area contributed by atoms with Gasteiger partial charge in [-0.05, 0) is 24.7 Å². The van der Waals surface area contributed by atoms with Crippen molar-refractivity contribution >= 4 is 21.6 Å². The molecule has 6 nitrogen and oxygen atoms in total. The highest BCUT2D eigenvalue weighted by molar-refractivity contribution is 7.92. The van der Waals surface area contributed by atoms with Crippen LogP contribution in [0.1, 0.15) is 25.7 Å². The zero-order valence-electron chi connectivity index (χ0n) is 11.6. The maximum Gasteiger partial charge on any atom is 0.306 e. The maximum absolute atomic E-state index is 12.1. The zero-order valence-corrected chi connectivity index (χ0v) is 12.4. The number of sulfone groups is 1. The molecule has 0 amide bonds. The first-order chi connectivity index (χ1) is 9.36. The fourth-order valence-corrected chi connectivity index (χ4v) is 4.66. The molecule has 1 aliphatic heterocycles. The fourth-order valence-electron chi connectivity index (χ4n) is 2.57. The van der Waals surface area contributed by atoms with Crippen molar-refractivity contribution < 1.29 is 27.5 Å². The van der Waals surface area contributed by atoms with E-state index in [9.17, 15) is 18.0 Å². The van der Waals surface area contributed by atoms with Gasteiger partial charge in [0, 0.05) is 12.5 Å². The summed E-state index contributed by atoms with van der Waals surface area (Å²) in [6, 6.07) is 0. The van der Waals surface area contributed by atoms with E-state index in [1.54, 1.807) is 0 Å². The van der Waals surface area contributed by atoms with Gasteiger partial charge in [0.05, 0.1) is 25.9 Å². The van der Waals surface area contributed by atoms with Crippen molar-refractivity contribution in [3.63, 3.8) is 0 Å². The second kappa shape index (κ2) is 5.81. The number of rotatable bonds is 7. The Hall–Kier alpha value is -0.950. The molecular weight excluding hydrogens is 284 g/mol. The minimum absolute atomic E-state index is 0.103. The molecule has 2 fully saturated rings. The molecule has 7 heteroatoms. The summed E-state index contributed by atoms with van der Waals surface area (Å²) in [5, 5.41) is 0. The minimum atomic E-state index is -3.48.